The Morgan fingerprint density at radius 2 is 2.21 bits per heavy atom. The van der Waals surface area contributed by atoms with Crippen molar-refractivity contribution in [3.63, 3.8) is 0 Å². The van der Waals surface area contributed by atoms with Gasteiger partial charge in [-0.2, -0.15) is 0 Å². The number of carbonyl (C=O) groups excluding carboxylic acids is 1. The Balaban J connectivity index is 1.49. The number of aliphatic hydroxyl groups is 1. The van der Waals surface area contributed by atoms with Gasteiger partial charge in [0.05, 0.1) is 18.4 Å². The van der Waals surface area contributed by atoms with Crippen molar-refractivity contribution in [3.05, 3.63) is 36.3 Å². The van der Waals surface area contributed by atoms with E-state index in [4.69, 9.17) is 4.74 Å². The van der Waals surface area contributed by atoms with E-state index < -0.39 is 0 Å². The summed E-state index contributed by atoms with van der Waals surface area (Å²) in [7, 11) is 0. The molecule has 24 heavy (non-hydrogen) atoms. The molecule has 2 aliphatic rings. The van der Waals surface area contributed by atoms with Gasteiger partial charge in [0, 0.05) is 37.7 Å². The topological polar surface area (TPSA) is 67.1 Å². The molecule has 1 aliphatic heterocycles. The first kappa shape index (κ1) is 15.6. The Kier molecular flexibility index (Phi) is 3.81. The fourth-order valence-corrected chi connectivity index (χ4v) is 4.20. The summed E-state index contributed by atoms with van der Waals surface area (Å²) < 4.78 is 7.62. The van der Waals surface area contributed by atoms with Crippen LogP contribution in [0.25, 0.3) is 5.65 Å². The zero-order chi connectivity index (χ0) is 16.7. The highest BCUT2D eigenvalue weighted by atomic mass is 16.5. The van der Waals surface area contributed by atoms with E-state index in [2.05, 4.69) is 4.98 Å². The third-order valence-corrected chi connectivity index (χ3v) is 5.73. The van der Waals surface area contributed by atoms with Crippen LogP contribution in [0.1, 0.15) is 36.7 Å². The van der Waals surface area contributed by atoms with Crippen molar-refractivity contribution in [2.24, 2.45) is 5.41 Å². The molecule has 2 unspecified atom stereocenters. The monoisotopic (exact) mass is 329 g/mol. The maximum atomic E-state index is 12.9. The molecule has 1 saturated carbocycles. The largest absolute Gasteiger partial charge is 0.392 e. The van der Waals surface area contributed by atoms with Gasteiger partial charge in [0.25, 0.3) is 5.91 Å². The number of likely N-dealkylation sites (tertiary alicyclic amines) is 1. The van der Waals surface area contributed by atoms with E-state index in [1.54, 1.807) is 6.20 Å². The average Bonchev–Trinajstić information content (AvgIpc) is 3.05. The zero-order valence-electron chi connectivity index (χ0n) is 13.9. The Morgan fingerprint density at radius 1 is 1.42 bits per heavy atom. The molecule has 2 atom stereocenters. The molecule has 3 heterocycles. The van der Waals surface area contributed by atoms with Gasteiger partial charge in [-0.25, -0.2) is 4.98 Å². The summed E-state index contributed by atoms with van der Waals surface area (Å²) in [4.78, 5) is 19.0. The van der Waals surface area contributed by atoms with E-state index >= 15 is 0 Å². The normalized spacial score (nSPS) is 25.8. The van der Waals surface area contributed by atoms with Gasteiger partial charge in [0.1, 0.15) is 11.3 Å². The molecule has 0 aromatic carbocycles. The van der Waals surface area contributed by atoms with Gasteiger partial charge in [0.2, 0.25) is 0 Å². The molecule has 1 amide bonds. The number of fused-ring (bicyclic) bond motifs is 1. The third kappa shape index (κ3) is 2.24. The third-order valence-electron chi connectivity index (χ3n) is 5.73. The van der Waals surface area contributed by atoms with Gasteiger partial charge in [-0.15, -0.1) is 0 Å². The summed E-state index contributed by atoms with van der Waals surface area (Å²) in [6, 6.07) is 5.69. The second-order valence-corrected chi connectivity index (χ2v) is 6.79. The Morgan fingerprint density at radius 3 is 2.92 bits per heavy atom. The maximum absolute atomic E-state index is 12.9. The summed E-state index contributed by atoms with van der Waals surface area (Å²) in [5.74, 6) is 0.00493. The van der Waals surface area contributed by atoms with Crippen LogP contribution >= 0.6 is 0 Å². The number of pyridine rings is 1. The number of ether oxygens (including phenoxy) is 1. The fourth-order valence-electron chi connectivity index (χ4n) is 4.20. The predicted molar refractivity (Wildman–Crippen MR) is 88.8 cm³/mol. The number of hydrogen-bond donors (Lipinski definition) is 1. The molecule has 0 radical (unpaired) electrons. The number of nitrogens with zero attached hydrogens (tertiary/aromatic N) is 3. The molecule has 128 valence electrons. The standard InChI is InChI=1S/C18H23N3O3/c1-2-24-15-11-14(22)18(15)6-9-20(10-7-18)17(23)13-12-19-16-5-3-4-8-21(13)16/h3-5,8,12,14-15,22H,2,6-7,9-11H2,1H3. The molecule has 6 heteroatoms. The molecule has 6 nitrogen and oxygen atoms in total. The van der Waals surface area contributed by atoms with Crippen LogP contribution in [0, 0.1) is 5.41 Å². The second kappa shape index (κ2) is 5.86. The molecule has 4 rings (SSSR count). The Hall–Kier alpha value is -1.92. The fraction of sp³-hybridized carbons (Fsp3) is 0.556. The highest BCUT2D eigenvalue weighted by Crippen LogP contribution is 2.51. The number of aliphatic hydroxyl groups excluding tert-OH is 1. The summed E-state index contributed by atoms with van der Waals surface area (Å²) in [5.41, 5.74) is 1.21. The molecular formula is C18H23N3O3. The SMILES string of the molecule is CCOC1CC(O)C12CCN(C(=O)c1cnc3ccccn13)CC2. The molecule has 1 saturated heterocycles. The zero-order valence-corrected chi connectivity index (χ0v) is 13.9. The van der Waals surface area contributed by atoms with E-state index in [1.165, 1.54) is 0 Å². The van der Waals surface area contributed by atoms with Crippen LogP contribution in [0.2, 0.25) is 0 Å². The van der Waals surface area contributed by atoms with Gasteiger partial charge in [-0.05, 0) is 31.9 Å². The number of aromatic nitrogens is 2. The van der Waals surface area contributed by atoms with E-state index in [0.717, 1.165) is 24.9 Å². The average molecular weight is 329 g/mol. The number of imidazole rings is 1. The molecule has 1 spiro atoms. The number of carbonyl (C=O) groups is 1. The van der Waals surface area contributed by atoms with Gasteiger partial charge in [0.15, 0.2) is 0 Å². The Labute approximate surface area is 141 Å². The number of piperidine rings is 1. The lowest BCUT2D eigenvalue weighted by molar-refractivity contribution is -0.207. The van der Waals surface area contributed by atoms with Gasteiger partial charge < -0.3 is 14.7 Å². The van der Waals surface area contributed by atoms with Crippen LogP contribution in [0.15, 0.2) is 30.6 Å². The minimum absolute atomic E-state index is 0.00493. The lowest BCUT2D eigenvalue weighted by Gasteiger charge is -2.56. The van der Waals surface area contributed by atoms with Crippen LogP contribution in [0.3, 0.4) is 0 Å². The first-order valence-corrected chi connectivity index (χ1v) is 8.67. The van der Waals surface area contributed by atoms with Crippen molar-refractivity contribution in [3.8, 4) is 0 Å². The second-order valence-electron chi connectivity index (χ2n) is 6.79. The van der Waals surface area contributed by atoms with Gasteiger partial charge in [-0.1, -0.05) is 6.07 Å². The molecule has 0 bridgehead atoms. The lowest BCUT2D eigenvalue weighted by Crippen LogP contribution is -2.62. The highest BCUT2D eigenvalue weighted by Gasteiger charge is 2.56. The number of hydrogen-bond acceptors (Lipinski definition) is 4. The highest BCUT2D eigenvalue weighted by molar-refractivity contribution is 5.93. The minimum atomic E-state index is -0.304. The molecule has 2 aromatic heterocycles. The van der Waals surface area contributed by atoms with Crippen molar-refractivity contribution in [1.82, 2.24) is 14.3 Å². The minimum Gasteiger partial charge on any atom is -0.392 e. The van der Waals surface area contributed by atoms with E-state index in [0.29, 0.717) is 25.4 Å². The van der Waals surface area contributed by atoms with Gasteiger partial charge in [-0.3, -0.25) is 9.20 Å². The van der Waals surface area contributed by atoms with Crippen LogP contribution in [-0.4, -0.2) is 57.2 Å². The first-order valence-electron chi connectivity index (χ1n) is 8.67. The predicted octanol–water partition coefficient (Wildman–Crippen LogP) is 1.73. The lowest BCUT2D eigenvalue weighted by atomic mass is 9.58. The molecule has 1 N–H and O–H groups in total. The van der Waals surface area contributed by atoms with E-state index in [1.807, 2.05) is 40.6 Å². The van der Waals surface area contributed by atoms with E-state index in [-0.39, 0.29) is 23.5 Å². The summed E-state index contributed by atoms with van der Waals surface area (Å²) in [5, 5.41) is 10.3. The van der Waals surface area contributed by atoms with Crippen molar-refractivity contribution in [2.75, 3.05) is 19.7 Å². The van der Waals surface area contributed by atoms with Crippen molar-refractivity contribution in [2.45, 2.75) is 38.4 Å². The first-order chi connectivity index (χ1) is 11.7. The number of rotatable bonds is 3. The van der Waals surface area contributed by atoms with Gasteiger partial charge >= 0.3 is 0 Å². The summed E-state index contributed by atoms with van der Waals surface area (Å²) in [6.07, 6.45) is 5.63. The quantitative estimate of drug-likeness (QED) is 0.931. The van der Waals surface area contributed by atoms with Crippen LogP contribution in [-0.2, 0) is 4.74 Å². The summed E-state index contributed by atoms with van der Waals surface area (Å²) in [6.45, 7) is 3.96. The van der Waals surface area contributed by atoms with Crippen molar-refractivity contribution >= 4 is 11.6 Å². The smallest absolute Gasteiger partial charge is 0.272 e. The van der Waals surface area contributed by atoms with Crippen LogP contribution < -0.4 is 0 Å². The van der Waals surface area contributed by atoms with E-state index in [9.17, 15) is 9.90 Å². The number of amides is 1. The molecular weight excluding hydrogens is 306 g/mol. The van der Waals surface area contributed by atoms with Crippen molar-refractivity contribution < 1.29 is 14.6 Å². The summed E-state index contributed by atoms with van der Waals surface area (Å²) >= 11 is 0. The molecule has 2 fully saturated rings. The van der Waals surface area contributed by atoms with Crippen LogP contribution in [0.4, 0.5) is 0 Å². The van der Waals surface area contributed by atoms with Crippen molar-refractivity contribution in [1.29, 1.82) is 0 Å². The molecule has 1 aliphatic carbocycles. The molecule has 2 aromatic rings. The van der Waals surface area contributed by atoms with Crippen LogP contribution in [0.5, 0.6) is 0 Å². The maximum Gasteiger partial charge on any atom is 0.272 e. The Bertz CT molecular complexity index is 747.